The van der Waals surface area contributed by atoms with Crippen molar-refractivity contribution in [1.82, 2.24) is 10.6 Å². The van der Waals surface area contributed by atoms with Crippen LogP contribution in [0.5, 0.6) is 0 Å². The zero-order valence-corrected chi connectivity index (χ0v) is 13.3. The van der Waals surface area contributed by atoms with Crippen LogP contribution in [0, 0.1) is 5.92 Å². The van der Waals surface area contributed by atoms with Crippen LogP contribution in [0.3, 0.4) is 0 Å². The fraction of sp³-hybridized carbons (Fsp3) is 0.933. The quantitative estimate of drug-likeness (QED) is 0.428. The maximum atomic E-state index is 4.77. The summed E-state index contributed by atoms with van der Waals surface area (Å²) in [6.07, 6.45) is 8.25. The van der Waals surface area contributed by atoms with E-state index < -0.39 is 0 Å². The van der Waals surface area contributed by atoms with Gasteiger partial charge in [0, 0.05) is 17.8 Å². The third-order valence-electron chi connectivity index (χ3n) is 3.99. The molecular formula is C15H29N3S. The number of guanidine groups is 1. The Morgan fingerprint density at radius 1 is 1.37 bits per heavy atom. The number of nitrogens with one attached hydrogen (secondary N) is 2. The van der Waals surface area contributed by atoms with Crippen molar-refractivity contribution < 1.29 is 0 Å². The summed E-state index contributed by atoms with van der Waals surface area (Å²) >= 11 is 2.08. The molecule has 1 heterocycles. The molecule has 0 amide bonds. The van der Waals surface area contributed by atoms with E-state index in [1.54, 1.807) is 0 Å². The van der Waals surface area contributed by atoms with Crippen LogP contribution in [0.25, 0.3) is 0 Å². The molecule has 2 aliphatic rings. The van der Waals surface area contributed by atoms with Crippen molar-refractivity contribution in [1.29, 1.82) is 0 Å². The predicted molar refractivity (Wildman–Crippen MR) is 86.0 cm³/mol. The smallest absolute Gasteiger partial charge is 0.191 e. The average Bonchev–Trinajstić information content (AvgIpc) is 3.13. The minimum Gasteiger partial charge on any atom is -0.357 e. The highest BCUT2D eigenvalue weighted by atomic mass is 32.2. The molecule has 1 atom stereocenters. The van der Waals surface area contributed by atoms with Crippen LogP contribution in [0.1, 0.15) is 52.4 Å². The molecule has 0 bridgehead atoms. The summed E-state index contributed by atoms with van der Waals surface area (Å²) in [5.41, 5.74) is 0. The van der Waals surface area contributed by atoms with Gasteiger partial charge in [-0.15, -0.1) is 0 Å². The molecule has 0 radical (unpaired) electrons. The first-order valence-electron chi connectivity index (χ1n) is 7.88. The molecule has 0 aromatic heterocycles. The second kappa shape index (κ2) is 7.41. The Morgan fingerprint density at radius 3 is 2.84 bits per heavy atom. The number of aliphatic imine (C=N–C) groups is 1. The van der Waals surface area contributed by atoms with Gasteiger partial charge in [0.2, 0.25) is 0 Å². The van der Waals surface area contributed by atoms with Crippen LogP contribution < -0.4 is 10.6 Å². The summed E-state index contributed by atoms with van der Waals surface area (Å²) in [5, 5.41) is 6.83. The van der Waals surface area contributed by atoms with Gasteiger partial charge in [0.15, 0.2) is 5.96 Å². The fourth-order valence-corrected chi connectivity index (χ4v) is 3.78. The molecule has 0 aromatic rings. The molecule has 0 aromatic carbocycles. The lowest BCUT2D eigenvalue weighted by molar-refractivity contribution is 0.610. The molecule has 1 unspecified atom stereocenters. The van der Waals surface area contributed by atoms with Crippen molar-refractivity contribution in [2.75, 3.05) is 25.4 Å². The number of rotatable bonds is 7. The number of hydrogen-bond donors (Lipinski definition) is 2. The summed E-state index contributed by atoms with van der Waals surface area (Å²) in [6.45, 7) is 7.43. The number of nitrogens with zero attached hydrogens (tertiary/aromatic N) is 1. The zero-order valence-electron chi connectivity index (χ0n) is 12.5. The van der Waals surface area contributed by atoms with Gasteiger partial charge in [-0.25, -0.2) is 0 Å². The Hall–Kier alpha value is -0.380. The first-order chi connectivity index (χ1) is 9.22. The Bertz CT molecular complexity index is 294. The molecule has 19 heavy (non-hydrogen) atoms. The SMILES string of the molecule is CCNC(=NCC1(C)CCCS1)NCCCC1CC1. The van der Waals surface area contributed by atoms with Crippen LogP contribution in [0.4, 0.5) is 0 Å². The Morgan fingerprint density at radius 2 is 2.21 bits per heavy atom. The van der Waals surface area contributed by atoms with Crippen LogP contribution in [0.15, 0.2) is 4.99 Å². The summed E-state index contributed by atoms with van der Waals surface area (Å²) in [5.74, 6) is 3.35. The summed E-state index contributed by atoms with van der Waals surface area (Å²) in [7, 11) is 0. The highest BCUT2D eigenvalue weighted by Crippen LogP contribution is 2.37. The summed E-state index contributed by atoms with van der Waals surface area (Å²) in [4.78, 5) is 4.77. The monoisotopic (exact) mass is 283 g/mol. The van der Waals surface area contributed by atoms with E-state index >= 15 is 0 Å². The zero-order chi connectivity index (χ0) is 13.6. The molecule has 3 nitrogen and oxygen atoms in total. The normalized spacial score (nSPS) is 27.6. The molecule has 1 saturated carbocycles. The van der Waals surface area contributed by atoms with Crippen molar-refractivity contribution in [3.05, 3.63) is 0 Å². The van der Waals surface area contributed by atoms with Gasteiger partial charge in [-0.1, -0.05) is 12.8 Å². The minimum absolute atomic E-state index is 0.371. The molecule has 2 N–H and O–H groups in total. The predicted octanol–water partition coefficient (Wildman–Crippen LogP) is 3.02. The van der Waals surface area contributed by atoms with Crippen molar-refractivity contribution in [2.24, 2.45) is 10.9 Å². The lowest BCUT2D eigenvalue weighted by atomic mass is 10.1. The van der Waals surface area contributed by atoms with Crippen molar-refractivity contribution in [2.45, 2.75) is 57.1 Å². The topological polar surface area (TPSA) is 36.4 Å². The lowest BCUT2D eigenvalue weighted by Gasteiger charge is -2.21. The highest BCUT2D eigenvalue weighted by Gasteiger charge is 2.29. The molecule has 1 aliphatic carbocycles. The Labute approximate surface area is 122 Å². The van der Waals surface area contributed by atoms with E-state index in [1.165, 1.54) is 44.3 Å². The molecule has 110 valence electrons. The van der Waals surface area contributed by atoms with Crippen LogP contribution in [0.2, 0.25) is 0 Å². The van der Waals surface area contributed by atoms with Crippen LogP contribution in [-0.2, 0) is 0 Å². The number of hydrogen-bond acceptors (Lipinski definition) is 2. The van der Waals surface area contributed by atoms with Gasteiger partial charge in [0.1, 0.15) is 0 Å². The van der Waals surface area contributed by atoms with Gasteiger partial charge >= 0.3 is 0 Å². The Kier molecular flexibility index (Phi) is 5.86. The van der Waals surface area contributed by atoms with Gasteiger partial charge in [0.25, 0.3) is 0 Å². The summed E-state index contributed by atoms with van der Waals surface area (Å²) in [6, 6.07) is 0. The maximum absolute atomic E-state index is 4.77. The van der Waals surface area contributed by atoms with Gasteiger partial charge in [-0.05, 0) is 51.2 Å². The largest absolute Gasteiger partial charge is 0.357 e. The van der Waals surface area contributed by atoms with E-state index in [-0.39, 0.29) is 0 Å². The Balaban J connectivity index is 1.69. The van der Waals surface area contributed by atoms with Crippen LogP contribution in [-0.4, -0.2) is 36.1 Å². The highest BCUT2D eigenvalue weighted by molar-refractivity contribution is 8.00. The molecule has 1 saturated heterocycles. The molecule has 2 fully saturated rings. The van der Waals surface area contributed by atoms with E-state index in [9.17, 15) is 0 Å². The second-order valence-electron chi connectivity index (χ2n) is 6.11. The van der Waals surface area contributed by atoms with Crippen molar-refractivity contribution >= 4 is 17.7 Å². The van der Waals surface area contributed by atoms with E-state index in [0.717, 1.165) is 31.5 Å². The minimum atomic E-state index is 0.371. The van der Waals surface area contributed by atoms with Gasteiger partial charge in [-0.2, -0.15) is 11.8 Å². The van der Waals surface area contributed by atoms with E-state index in [1.807, 2.05) is 0 Å². The second-order valence-corrected chi connectivity index (χ2v) is 7.79. The third-order valence-corrected chi connectivity index (χ3v) is 5.52. The first kappa shape index (κ1) is 15.0. The summed E-state index contributed by atoms with van der Waals surface area (Å²) < 4.78 is 0.371. The molecular weight excluding hydrogens is 254 g/mol. The lowest BCUT2D eigenvalue weighted by Crippen LogP contribution is -2.39. The number of thioether (sulfide) groups is 1. The van der Waals surface area contributed by atoms with Crippen molar-refractivity contribution in [3.63, 3.8) is 0 Å². The fourth-order valence-electron chi connectivity index (χ4n) is 2.55. The van der Waals surface area contributed by atoms with Gasteiger partial charge in [0.05, 0.1) is 6.54 Å². The molecule has 4 heteroatoms. The van der Waals surface area contributed by atoms with E-state index in [4.69, 9.17) is 4.99 Å². The third kappa shape index (κ3) is 5.64. The van der Waals surface area contributed by atoms with Gasteiger partial charge < -0.3 is 10.6 Å². The standard InChI is InChI=1S/C15H29N3S/c1-3-16-14(17-10-4-6-13-7-8-13)18-12-15(2)9-5-11-19-15/h13H,3-12H2,1-2H3,(H2,16,17,18). The van der Waals surface area contributed by atoms with Gasteiger partial charge in [-0.3, -0.25) is 4.99 Å². The molecule has 0 spiro atoms. The molecule has 1 aliphatic heterocycles. The van der Waals surface area contributed by atoms with Crippen LogP contribution >= 0.6 is 11.8 Å². The average molecular weight is 283 g/mol. The first-order valence-corrected chi connectivity index (χ1v) is 8.86. The van der Waals surface area contributed by atoms with Crippen molar-refractivity contribution in [3.8, 4) is 0 Å². The maximum Gasteiger partial charge on any atom is 0.191 e. The van der Waals surface area contributed by atoms with E-state index in [2.05, 4.69) is 36.2 Å². The van der Waals surface area contributed by atoms with E-state index in [0.29, 0.717) is 4.75 Å². The molecule has 2 rings (SSSR count).